The standard InChI is InChI=1S/C20H33N3O5S/c1-6-27-18-9-8-17(11-19(18)28-7-2)21-20(24)14-22(5)29(25,26)23-12-15(3)10-16(4)13-23/h8-9,11,15-16H,6-7,10,12-14H2,1-5H3,(H,21,24). The number of piperidine rings is 1. The number of rotatable bonds is 9. The number of ether oxygens (including phenoxy) is 2. The SMILES string of the molecule is CCOc1ccc(NC(=O)CN(C)S(=O)(=O)N2CC(C)CC(C)C2)cc1OCC. The number of nitrogens with one attached hydrogen (secondary N) is 1. The maximum atomic E-state index is 12.9. The van der Waals surface area contributed by atoms with E-state index in [2.05, 4.69) is 5.32 Å². The Morgan fingerprint density at radius 3 is 2.31 bits per heavy atom. The fourth-order valence-corrected chi connectivity index (χ4v) is 5.16. The van der Waals surface area contributed by atoms with Crippen LogP contribution < -0.4 is 14.8 Å². The molecule has 1 aliphatic rings. The number of amides is 1. The highest BCUT2D eigenvalue weighted by Gasteiger charge is 2.33. The lowest BCUT2D eigenvalue weighted by Crippen LogP contribution is -2.49. The molecule has 2 rings (SSSR count). The molecule has 1 heterocycles. The van der Waals surface area contributed by atoms with Crippen molar-refractivity contribution < 1.29 is 22.7 Å². The van der Waals surface area contributed by atoms with Crippen molar-refractivity contribution in [3.63, 3.8) is 0 Å². The Kier molecular flexibility index (Phi) is 8.30. The number of anilines is 1. The van der Waals surface area contributed by atoms with E-state index in [9.17, 15) is 13.2 Å². The van der Waals surface area contributed by atoms with E-state index in [1.807, 2.05) is 27.7 Å². The Bertz CT molecular complexity index is 789. The van der Waals surface area contributed by atoms with Gasteiger partial charge >= 0.3 is 0 Å². The minimum atomic E-state index is -3.68. The molecule has 1 N–H and O–H groups in total. The van der Waals surface area contributed by atoms with E-state index in [0.717, 1.165) is 10.7 Å². The minimum Gasteiger partial charge on any atom is -0.490 e. The normalized spacial score (nSPS) is 20.5. The molecule has 1 saturated heterocycles. The average Bonchev–Trinajstić information content (AvgIpc) is 2.63. The third-order valence-electron chi connectivity index (χ3n) is 4.75. The third kappa shape index (κ3) is 6.32. The predicted octanol–water partition coefficient (Wildman–Crippen LogP) is 2.58. The first kappa shape index (κ1) is 23.4. The van der Waals surface area contributed by atoms with Gasteiger partial charge in [-0.3, -0.25) is 4.79 Å². The highest BCUT2D eigenvalue weighted by molar-refractivity contribution is 7.86. The summed E-state index contributed by atoms with van der Waals surface area (Å²) in [5.74, 6) is 1.32. The highest BCUT2D eigenvalue weighted by Crippen LogP contribution is 2.30. The van der Waals surface area contributed by atoms with Crippen LogP contribution in [0.1, 0.15) is 34.1 Å². The molecule has 164 valence electrons. The molecule has 1 aromatic rings. The van der Waals surface area contributed by atoms with Crippen LogP contribution in [0.25, 0.3) is 0 Å². The molecular formula is C20H33N3O5S. The van der Waals surface area contributed by atoms with Crippen molar-refractivity contribution in [2.75, 3.05) is 45.2 Å². The fourth-order valence-electron chi connectivity index (χ4n) is 3.60. The first-order valence-corrected chi connectivity index (χ1v) is 11.5. The summed E-state index contributed by atoms with van der Waals surface area (Å²) in [6.07, 6.45) is 1.01. The predicted molar refractivity (Wildman–Crippen MR) is 113 cm³/mol. The molecular weight excluding hydrogens is 394 g/mol. The van der Waals surface area contributed by atoms with Crippen LogP contribution in [0.4, 0.5) is 5.69 Å². The number of carbonyl (C=O) groups is 1. The summed E-state index contributed by atoms with van der Waals surface area (Å²) in [6, 6.07) is 5.10. The molecule has 0 aromatic heterocycles. The van der Waals surface area contributed by atoms with Crippen LogP contribution in [0.5, 0.6) is 11.5 Å². The van der Waals surface area contributed by atoms with Crippen molar-refractivity contribution in [2.45, 2.75) is 34.1 Å². The van der Waals surface area contributed by atoms with E-state index >= 15 is 0 Å². The number of carbonyl (C=O) groups excluding carboxylic acids is 1. The van der Waals surface area contributed by atoms with E-state index in [4.69, 9.17) is 9.47 Å². The van der Waals surface area contributed by atoms with Gasteiger partial charge in [0.15, 0.2) is 11.5 Å². The molecule has 1 aromatic carbocycles. The monoisotopic (exact) mass is 427 g/mol. The summed E-state index contributed by atoms with van der Waals surface area (Å²) >= 11 is 0. The zero-order valence-electron chi connectivity index (χ0n) is 18.0. The van der Waals surface area contributed by atoms with Crippen molar-refractivity contribution in [3.05, 3.63) is 18.2 Å². The van der Waals surface area contributed by atoms with Crippen molar-refractivity contribution in [1.82, 2.24) is 8.61 Å². The smallest absolute Gasteiger partial charge is 0.282 e. The Hall–Kier alpha value is -1.84. The van der Waals surface area contributed by atoms with Crippen LogP contribution in [0, 0.1) is 11.8 Å². The minimum absolute atomic E-state index is 0.265. The molecule has 0 aliphatic carbocycles. The molecule has 9 heteroatoms. The molecule has 0 spiro atoms. The van der Waals surface area contributed by atoms with Gasteiger partial charge in [0.2, 0.25) is 5.91 Å². The number of likely N-dealkylation sites (N-methyl/N-ethyl adjacent to an activating group) is 1. The van der Waals surface area contributed by atoms with E-state index in [1.165, 1.54) is 11.4 Å². The van der Waals surface area contributed by atoms with Gasteiger partial charge in [0.1, 0.15) is 0 Å². The Morgan fingerprint density at radius 1 is 1.14 bits per heavy atom. The number of nitrogens with zero attached hydrogens (tertiary/aromatic N) is 2. The molecule has 0 saturated carbocycles. The summed E-state index contributed by atoms with van der Waals surface area (Å²) in [4.78, 5) is 12.5. The zero-order chi connectivity index (χ0) is 21.6. The summed E-state index contributed by atoms with van der Waals surface area (Å²) in [7, 11) is -2.25. The highest BCUT2D eigenvalue weighted by atomic mass is 32.2. The van der Waals surface area contributed by atoms with Crippen molar-refractivity contribution in [3.8, 4) is 11.5 Å². The second-order valence-corrected chi connectivity index (χ2v) is 9.64. The zero-order valence-corrected chi connectivity index (χ0v) is 18.8. The van der Waals surface area contributed by atoms with Crippen LogP contribution in [-0.2, 0) is 15.0 Å². The lowest BCUT2D eigenvalue weighted by atomic mass is 9.94. The van der Waals surface area contributed by atoms with Gasteiger partial charge < -0.3 is 14.8 Å². The molecule has 0 radical (unpaired) electrons. The number of hydrogen-bond acceptors (Lipinski definition) is 5. The van der Waals surface area contributed by atoms with E-state index < -0.39 is 16.1 Å². The van der Waals surface area contributed by atoms with Crippen LogP contribution in [-0.4, -0.2) is 62.8 Å². The first-order chi connectivity index (χ1) is 13.7. The van der Waals surface area contributed by atoms with Gasteiger partial charge in [-0.05, 0) is 44.2 Å². The average molecular weight is 428 g/mol. The second kappa shape index (κ2) is 10.3. The molecule has 0 bridgehead atoms. The summed E-state index contributed by atoms with van der Waals surface area (Å²) in [5, 5.41) is 2.73. The Morgan fingerprint density at radius 2 is 1.72 bits per heavy atom. The van der Waals surface area contributed by atoms with Crippen LogP contribution in [0.3, 0.4) is 0 Å². The first-order valence-electron chi connectivity index (χ1n) is 10.1. The fraction of sp³-hybridized carbons (Fsp3) is 0.650. The molecule has 8 nitrogen and oxygen atoms in total. The van der Waals surface area contributed by atoms with Gasteiger partial charge in [0.05, 0.1) is 19.8 Å². The number of benzene rings is 1. The van der Waals surface area contributed by atoms with Gasteiger partial charge in [-0.15, -0.1) is 0 Å². The third-order valence-corrected chi connectivity index (χ3v) is 6.62. The lowest BCUT2D eigenvalue weighted by molar-refractivity contribution is -0.116. The van der Waals surface area contributed by atoms with Gasteiger partial charge in [0, 0.05) is 31.9 Å². The Labute approximate surface area is 174 Å². The van der Waals surface area contributed by atoms with Crippen molar-refractivity contribution in [1.29, 1.82) is 0 Å². The molecule has 29 heavy (non-hydrogen) atoms. The molecule has 2 atom stereocenters. The summed E-state index contributed by atoms with van der Waals surface area (Å²) in [5.41, 5.74) is 0.521. The van der Waals surface area contributed by atoms with Crippen LogP contribution in [0.2, 0.25) is 0 Å². The van der Waals surface area contributed by atoms with E-state index in [1.54, 1.807) is 18.2 Å². The van der Waals surface area contributed by atoms with Gasteiger partial charge in [0.25, 0.3) is 10.2 Å². The molecule has 1 fully saturated rings. The number of hydrogen-bond donors (Lipinski definition) is 1. The van der Waals surface area contributed by atoms with Crippen LogP contribution in [0.15, 0.2) is 18.2 Å². The lowest BCUT2D eigenvalue weighted by Gasteiger charge is -2.36. The van der Waals surface area contributed by atoms with E-state index in [0.29, 0.717) is 55.3 Å². The van der Waals surface area contributed by atoms with Crippen molar-refractivity contribution >= 4 is 21.8 Å². The summed E-state index contributed by atoms with van der Waals surface area (Å²) in [6.45, 7) is 9.50. The summed E-state index contributed by atoms with van der Waals surface area (Å²) < 4.78 is 39.4. The topological polar surface area (TPSA) is 88.2 Å². The van der Waals surface area contributed by atoms with E-state index in [-0.39, 0.29) is 6.54 Å². The van der Waals surface area contributed by atoms with Crippen molar-refractivity contribution in [2.24, 2.45) is 11.8 Å². The van der Waals surface area contributed by atoms with Gasteiger partial charge in [-0.1, -0.05) is 13.8 Å². The maximum Gasteiger partial charge on any atom is 0.282 e. The van der Waals surface area contributed by atoms with Gasteiger partial charge in [-0.2, -0.15) is 17.0 Å². The quantitative estimate of drug-likeness (QED) is 0.654. The molecule has 2 unspecified atom stereocenters. The largest absolute Gasteiger partial charge is 0.490 e. The second-order valence-electron chi connectivity index (χ2n) is 7.60. The molecule has 1 aliphatic heterocycles. The maximum absolute atomic E-state index is 12.9. The molecule has 1 amide bonds. The Balaban J connectivity index is 2.03. The van der Waals surface area contributed by atoms with Crippen LogP contribution >= 0.6 is 0 Å². The van der Waals surface area contributed by atoms with Gasteiger partial charge in [-0.25, -0.2) is 0 Å².